The van der Waals surface area contributed by atoms with E-state index in [1.165, 1.54) is 5.56 Å². The molecule has 0 aromatic heterocycles. The first-order valence-corrected chi connectivity index (χ1v) is 12.3. The van der Waals surface area contributed by atoms with Crippen LogP contribution in [0.25, 0.3) is 0 Å². The third kappa shape index (κ3) is 3.80. The predicted molar refractivity (Wildman–Crippen MR) is 143 cm³/mol. The van der Waals surface area contributed by atoms with Gasteiger partial charge < -0.3 is 29.7 Å². The van der Waals surface area contributed by atoms with Gasteiger partial charge in [-0.25, -0.2) is 0 Å². The van der Waals surface area contributed by atoms with Gasteiger partial charge in [-0.15, -0.1) is 24.8 Å². The molecule has 0 radical (unpaired) electrons. The first-order chi connectivity index (χ1) is 16.8. The SMILES string of the molecule is CO[C@@]12CC[C@@H](N[C@@H](Cc3ccc(O)cc3)C(=O)O)[C@@H]3Oc4c(O)ccc5c4[C@@]31CCN(C)[C@@H]2C5.Cl.Cl. The quantitative estimate of drug-likeness (QED) is 0.432. The minimum atomic E-state index is -0.928. The molecular formula is C27H34Cl2N2O6. The Morgan fingerprint density at radius 1 is 1.19 bits per heavy atom. The number of ether oxygens (including phenoxy) is 2. The van der Waals surface area contributed by atoms with Crippen molar-refractivity contribution in [3.8, 4) is 17.2 Å². The van der Waals surface area contributed by atoms with E-state index in [-0.39, 0.29) is 60.9 Å². The highest BCUT2D eigenvalue weighted by molar-refractivity contribution is 5.85. The first kappa shape index (κ1) is 27.8. The zero-order chi connectivity index (χ0) is 24.5. The number of aliphatic carboxylic acids is 1. The molecule has 6 atom stereocenters. The number of likely N-dealkylation sites (N-methyl/N-ethyl adjacent to an activating group) is 1. The van der Waals surface area contributed by atoms with Gasteiger partial charge in [0, 0.05) is 24.8 Å². The Kier molecular flexibility index (Phi) is 7.38. The van der Waals surface area contributed by atoms with Crippen LogP contribution >= 0.6 is 24.8 Å². The molecule has 202 valence electrons. The van der Waals surface area contributed by atoms with E-state index >= 15 is 0 Å². The minimum Gasteiger partial charge on any atom is -0.508 e. The summed E-state index contributed by atoms with van der Waals surface area (Å²) in [6.45, 7) is 0.882. The van der Waals surface area contributed by atoms with Crippen molar-refractivity contribution in [1.29, 1.82) is 0 Å². The average molecular weight is 553 g/mol. The van der Waals surface area contributed by atoms with Crippen molar-refractivity contribution in [2.75, 3.05) is 20.7 Å². The molecule has 2 aromatic rings. The lowest BCUT2D eigenvalue weighted by Crippen LogP contribution is -2.78. The van der Waals surface area contributed by atoms with Gasteiger partial charge in [0.25, 0.3) is 0 Å². The van der Waals surface area contributed by atoms with Gasteiger partial charge in [-0.2, -0.15) is 0 Å². The lowest BCUT2D eigenvalue weighted by molar-refractivity contribution is -0.204. The summed E-state index contributed by atoms with van der Waals surface area (Å²) in [6, 6.07) is 9.50. The van der Waals surface area contributed by atoms with Gasteiger partial charge in [-0.3, -0.25) is 10.1 Å². The number of aromatic hydroxyl groups is 2. The number of hydrogen-bond acceptors (Lipinski definition) is 7. The Balaban J connectivity index is 0.00000160. The van der Waals surface area contributed by atoms with Crippen LogP contribution in [0.2, 0.25) is 0 Å². The third-order valence-corrected chi connectivity index (χ3v) is 9.14. The number of phenols is 2. The van der Waals surface area contributed by atoms with Crippen molar-refractivity contribution in [2.24, 2.45) is 0 Å². The van der Waals surface area contributed by atoms with E-state index in [9.17, 15) is 20.1 Å². The molecule has 2 aromatic carbocycles. The fourth-order valence-electron chi connectivity index (χ4n) is 7.65. The lowest BCUT2D eigenvalue weighted by Gasteiger charge is -2.65. The van der Waals surface area contributed by atoms with Crippen LogP contribution < -0.4 is 10.1 Å². The van der Waals surface area contributed by atoms with E-state index in [1.807, 2.05) is 6.07 Å². The fraction of sp³-hybridized carbons (Fsp3) is 0.519. The highest BCUT2D eigenvalue weighted by Crippen LogP contribution is 2.66. The molecule has 2 fully saturated rings. The maximum absolute atomic E-state index is 12.3. The van der Waals surface area contributed by atoms with Crippen molar-refractivity contribution in [2.45, 2.75) is 67.3 Å². The van der Waals surface area contributed by atoms with Gasteiger partial charge in [0.2, 0.25) is 0 Å². The molecule has 6 rings (SSSR count). The maximum atomic E-state index is 12.3. The molecule has 1 saturated carbocycles. The zero-order valence-corrected chi connectivity index (χ0v) is 22.5. The van der Waals surface area contributed by atoms with E-state index in [0.29, 0.717) is 12.2 Å². The minimum absolute atomic E-state index is 0. The fourth-order valence-corrected chi connectivity index (χ4v) is 7.65. The number of hydrogen-bond donors (Lipinski definition) is 4. The Morgan fingerprint density at radius 3 is 2.59 bits per heavy atom. The number of piperidine rings is 1. The molecular weight excluding hydrogens is 519 g/mol. The number of halogens is 2. The Morgan fingerprint density at radius 2 is 1.92 bits per heavy atom. The summed E-state index contributed by atoms with van der Waals surface area (Å²) >= 11 is 0. The largest absolute Gasteiger partial charge is 0.508 e. The van der Waals surface area contributed by atoms with E-state index in [0.717, 1.165) is 36.9 Å². The second-order valence-electron chi connectivity index (χ2n) is 10.6. The first-order valence-electron chi connectivity index (χ1n) is 12.3. The Bertz CT molecular complexity index is 1180. The van der Waals surface area contributed by atoms with Gasteiger partial charge >= 0.3 is 5.97 Å². The van der Waals surface area contributed by atoms with Crippen molar-refractivity contribution in [3.63, 3.8) is 0 Å². The van der Waals surface area contributed by atoms with E-state index in [4.69, 9.17) is 9.47 Å². The van der Waals surface area contributed by atoms with Crippen LogP contribution in [-0.2, 0) is 27.8 Å². The summed E-state index contributed by atoms with van der Waals surface area (Å²) < 4.78 is 13.0. The Labute approximate surface area is 228 Å². The predicted octanol–water partition coefficient (Wildman–Crippen LogP) is 3.03. The smallest absolute Gasteiger partial charge is 0.321 e. The molecule has 1 spiro atoms. The lowest BCUT2D eigenvalue weighted by atomic mass is 9.48. The van der Waals surface area contributed by atoms with Crippen LogP contribution in [0.4, 0.5) is 0 Å². The molecule has 10 heteroatoms. The Hall–Kier alpha value is -2.23. The summed E-state index contributed by atoms with van der Waals surface area (Å²) in [7, 11) is 3.94. The van der Waals surface area contributed by atoms with E-state index in [2.05, 4.69) is 17.3 Å². The topological polar surface area (TPSA) is 111 Å². The van der Waals surface area contributed by atoms with Gasteiger partial charge in [-0.1, -0.05) is 18.2 Å². The number of likely N-dealkylation sites (tertiary alicyclic amines) is 1. The number of phenolic OH excluding ortho intramolecular Hbond substituents is 2. The number of rotatable bonds is 6. The van der Waals surface area contributed by atoms with Gasteiger partial charge in [0.1, 0.15) is 17.9 Å². The molecule has 0 amide bonds. The van der Waals surface area contributed by atoms with Crippen LogP contribution in [0.3, 0.4) is 0 Å². The molecule has 0 unspecified atom stereocenters. The number of carboxylic acid groups (broad SMARTS) is 1. The summed E-state index contributed by atoms with van der Waals surface area (Å²) in [5.41, 5.74) is 2.15. The molecule has 1 saturated heterocycles. The summed E-state index contributed by atoms with van der Waals surface area (Å²) in [4.78, 5) is 14.7. The van der Waals surface area contributed by atoms with E-state index in [1.54, 1.807) is 37.4 Å². The van der Waals surface area contributed by atoms with Crippen molar-refractivity contribution in [1.82, 2.24) is 10.2 Å². The van der Waals surface area contributed by atoms with Crippen molar-refractivity contribution < 1.29 is 29.6 Å². The molecule has 8 nitrogen and oxygen atoms in total. The third-order valence-electron chi connectivity index (χ3n) is 9.14. The average Bonchev–Trinajstić information content (AvgIpc) is 3.20. The van der Waals surface area contributed by atoms with E-state index < -0.39 is 23.0 Å². The number of carboxylic acids is 1. The van der Waals surface area contributed by atoms with Crippen molar-refractivity contribution in [3.05, 3.63) is 53.1 Å². The van der Waals surface area contributed by atoms with Gasteiger partial charge in [-0.05, 0) is 75.0 Å². The number of carbonyl (C=O) groups is 1. The number of nitrogens with zero attached hydrogens (tertiary/aromatic N) is 1. The summed E-state index contributed by atoms with van der Waals surface area (Å²) in [5, 5.41) is 33.9. The van der Waals surface area contributed by atoms with Crippen LogP contribution in [0.1, 0.15) is 36.0 Å². The van der Waals surface area contributed by atoms with Crippen LogP contribution in [0.15, 0.2) is 36.4 Å². The van der Waals surface area contributed by atoms with Gasteiger partial charge in [0.15, 0.2) is 11.5 Å². The van der Waals surface area contributed by atoms with Crippen LogP contribution in [-0.4, -0.2) is 76.7 Å². The number of methoxy groups -OCH3 is 1. The normalized spacial score (nSPS) is 31.8. The molecule has 2 aliphatic carbocycles. The van der Waals surface area contributed by atoms with Crippen molar-refractivity contribution >= 4 is 30.8 Å². The van der Waals surface area contributed by atoms with Gasteiger partial charge in [0.05, 0.1) is 11.0 Å². The highest BCUT2D eigenvalue weighted by atomic mass is 35.5. The summed E-state index contributed by atoms with van der Waals surface area (Å²) in [6.07, 6.45) is 3.06. The molecule has 2 bridgehead atoms. The zero-order valence-electron chi connectivity index (χ0n) is 20.8. The summed E-state index contributed by atoms with van der Waals surface area (Å²) in [5.74, 6) is -0.107. The second-order valence-corrected chi connectivity index (χ2v) is 10.6. The highest BCUT2D eigenvalue weighted by Gasteiger charge is 2.73. The number of nitrogens with one attached hydrogen (secondary N) is 1. The molecule has 37 heavy (non-hydrogen) atoms. The maximum Gasteiger partial charge on any atom is 0.321 e. The van der Waals surface area contributed by atoms with Crippen LogP contribution in [0, 0.1) is 0 Å². The number of benzene rings is 2. The monoisotopic (exact) mass is 552 g/mol. The molecule has 2 aliphatic heterocycles. The molecule has 4 N–H and O–H groups in total. The standard InChI is InChI=1S/C27H32N2O6.2ClH/c1-29-12-11-26-22-16-5-8-20(31)23(22)35-24(26)18(9-10-27(26,34-2)21(29)14-16)28-19(25(32)33)13-15-3-6-17(30)7-4-15;;/h3-8,18-19,21,24,28,30-31H,9-14H2,1-2H3,(H,32,33);2*1H/t18-,19+,21-,24+,26+,27-;;/m1../s1. The second kappa shape index (κ2) is 9.82. The molecule has 2 heterocycles. The van der Waals surface area contributed by atoms with Crippen LogP contribution in [0.5, 0.6) is 17.2 Å². The molecule has 4 aliphatic rings.